The van der Waals surface area contributed by atoms with Gasteiger partial charge in [-0.05, 0) is 51.7 Å². The first kappa shape index (κ1) is 13.0. The minimum absolute atomic E-state index is 0.0635. The minimum Gasteiger partial charge on any atom is -0.326 e. The number of hydrogen-bond donors (Lipinski definition) is 1. The first-order chi connectivity index (χ1) is 7.38. The molecule has 88 valence electrons. The predicted molar refractivity (Wildman–Crippen MR) is 72.5 cm³/mol. The Bertz CT molecular complexity index is 370. The molecule has 0 unspecified atom stereocenters. The molecule has 2 N–H and O–H groups in total. The summed E-state index contributed by atoms with van der Waals surface area (Å²) in [5, 5.41) is 0. The van der Waals surface area contributed by atoms with Crippen molar-refractivity contribution in [1.29, 1.82) is 0 Å². The van der Waals surface area contributed by atoms with E-state index in [0.717, 1.165) is 12.8 Å². The maximum absolute atomic E-state index is 5.94. The molecule has 1 nitrogen and oxygen atoms in total. The fraction of sp³-hybridized carbons (Fsp3) is 0.467. The second kappa shape index (κ2) is 5.31. The number of rotatable bonds is 4. The molecule has 0 saturated carbocycles. The first-order valence-electron chi connectivity index (χ1n) is 5.91. The molecule has 0 aliphatic heterocycles. The van der Waals surface area contributed by atoms with Crippen LogP contribution in [0.3, 0.4) is 0 Å². The summed E-state index contributed by atoms with van der Waals surface area (Å²) in [7, 11) is 0. The summed E-state index contributed by atoms with van der Waals surface area (Å²) in [6, 6.07) is 6.54. The lowest BCUT2D eigenvalue weighted by Gasteiger charge is -2.16. The van der Waals surface area contributed by atoms with Crippen LogP contribution >= 0.6 is 0 Å². The van der Waals surface area contributed by atoms with Crippen LogP contribution in [0.15, 0.2) is 24.3 Å². The van der Waals surface area contributed by atoms with Gasteiger partial charge in [-0.3, -0.25) is 0 Å². The van der Waals surface area contributed by atoms with E-state index in [2.05, 4.69) is 58.0 Å². The first-order valence-corrected chi connectivity index (χ1v) is 5.91. The van der Waals surface area contributed by atoms with Crippen molar-refractivity contribution < 1.29 is 0 Å². The molecule has 0 aromatic heterocycles. The third kappa shape index (κ3) is 4.63. The van der Waals surface area contributed by atoms with Crippen molar-refractivity contribution in [2.75, 3.05) is 0 Å². The number of benzene rings is 1. The normalized spacial score (nSPS) is 12.3. The molecule has 0 spiro atoms. The van der Waals surface area contributed by atoms with Gasteiger partial charge in [-0.15, -0.1) is 0 Å². The van der Waals surface area contributed by atoms with E-state index in [1.807, 2.05) is 0 Å². The van der Waals surface area contributed by atoms with E-state index in [1.165, 1.54) is 16.7 Å². The van der Waals surface area contributed by atoms with Crippen molar-refractivity contribution >= 4 is 6.08 Å². The van der Waals surface area contributed by atoms with Crippen LogP contribution < -0.4 is 5.73 Å². The number of allylic oxidation sites excluding steroid dienone is 1. The zero-order valence-corrected chi connectivity index (χ0v) is 10.9. The second-order valence-corrected chi connectivity index (χ2v) is 5.29. The van der Waals surface area contributed by atoms with Crippen LogP contribution in [0.5, 0.6) is 0 Å². The zero-order chi connectivity index (χ0) is 12.2. The van der Waals surface area contributed by atoms with Crippen LogP contribution in [0, 0.1) is 13.8 Å². The Morgan fingerprint density at radius 2 is 1.94 bits per heavy atom. The van der Waals surface area contributed by atoms with E-state index in [9.17, 15) is 0 Å². The largest absolute Gasteiger partial charge is 0.326 e. The predicted octanol–water partition coefficient (Wildman–Crippen LogP) is 3.83. The Labute approximate surface area is 99.4 Å². The smallest absolute Gasteiger partial charge is 0.01000 e. The number of nitrogens with two attached hydrogens (primary N) is 1. The molecular weight excluding hydrogens is 194 g/mol. The van der Waals surface area contributed by atoms with E-state index in [4.69, 9.17) is 5.73 Å². The van der Waals surface area contributed by atoms with E-state index in [-0.39, 0.29) is 5.54 Å². The fourth-order valence-corrected chi connectivity index (χ4v) is 1.61. The van der Waals surface area contributed by atoms with E-state index < -0.39 is 0 Å². The Morgan fingerprint density at radius 3 is 2.56 bits per heavy atom. The van der Waals surface area contributed by atoms with Crippen LogP contribution in [0.1, 0.15) is 43.4 Å². The van der Waals surface area contributed by atoms with Crippen LogP contribution in [0.2, 0.25) is 0 Å². The van der Waals surface area contributed by atoms with Gasteiger partial charge >= 0.3 is 0 Å². The van der Waals surface area contributed by atoms with Crippen molar-refractivity contribution in [3.8, 4) is 0 Å². The summed E-state index contributed by atoms with van der Waals surface area (Å²) in [4.78, 5) is 0. The summed E-state index contributed by atoms with van der Waals surface area (Å²) in [5.74, 6) is 0. The van der Waals surface area contributed by atoms with Crippen LogP contribution in [0.25, 0.3) is 6.08 Å². The topological polar surface area (TPSA) is 26.0 Å². The molecule has 0 heterocycles. The molecule has 0 fully saturated rings. The van der Waals surface area contributed by atoms with Crippen LogP contribution in [-0.2, 0) is 0 Å². The summed E-state index contributed by atoms with van der Waals surface area (Å²) < 4.78 is 0. The molecule has 1 aromatic rings. The summed E-state index contributed by atoms with van der Waals surface area (Å²) in [6.07, 6.45) is 6.48. The highest BCUT2D eigenvalue weighted by Gasteiger charge is 2.07. The summed E-state index contributed by atoms with van der Waals surface area (Å²) >= 11 is 0. The molecular formula is C15H23N. The molecule has 16 heavy (non-hydrogen) atoms. The lowest BCUT2D eigenvalue weighted by Crippen LogP contribution is -2.31. The Kier molecular flexibility index (Phi) is 4.31. The van der Waals surface area contributed by atoms with E-state index >= 15 is 0 Å². The zero-order valence-electron chi connectivity index (χ0n) is 10.9. The molecule has 0 aliphatic carbocycles. The third-order valence-corrected chi connectivity index (χ3v) is 2.69. The van der Waals surface area contributed by atoms with Crippen LogP contribution in [0.4, 0.5) is 0 Å². The van der Waals surface area contributed by atoms with Gasteiger partial charge in [0, 0.05) is 5.54 Å². The number of hydrogen-bond acceptors (Lipinski definition) is 1. The average Bonchev–Trinajstić information content (AvgIpc) is 2.16. The Balaban J connectivity index is 2.59. The van der Waals surface area contributed by atoms with E-state index in [1.54, 1.807) is 0 Å². The molecule has 0 saturated heterocycles. The molecule has 1 rings (SSSR count). The van der Waals surface area contributed by atoms with Crippen LogP contribution in [-0.4, -0.2) is 5.54 Å². The van der Waals surface area contributed by atoms with Gasteiger partial charge in [-0.2, -0.15) is 0 Å². The maximum Gasteiger partial charge on any atom is 0.01000 e. The average molecular weight is 217 g/mol. The van der Waals surface area contributed by atoms with Gasteiger partial charge in [0.1, 0.15) is 0 Å². The minimum atomic E-state index is -0.0635. The molecule has 0 radical (unpaired) electrons. The van der Waals surface area contributed by atoms with E-state index in [0.29, 0.717) is 0 Å². The van der Waals surface area contributed by atoms with Gasteiger partial charge in [0.15, 0.2) is 0 Å². The molecule has 1 heteroatoms. The van der Waals surface area contributed by atoms with Gasteiger partial charge < -0.3 is 5.73 Å². The highest BCUT2D eigenvalue weighted by molar-refractivity contribution is 5.54. The molecule has 0 bridgehead atoms. The highest BCUT2D eigenvalue weighted by Crippen LogP contribution is 2.14. The van der Waals surface area contributed by atoms with Crippen molar-refractivity contribution in [2.24, 2.45) is 5.73 Å². The van der Waals surface area contributed by atoms with Gasteiger partial charge in [0.05, 0.1) is 0 Å². The molecule has 0 aliphatic rings. The third-order valence-electron chi connectivity index (χ3n) is 2.69. The van der Waals surface area contributed by atoms with Gasteiger partial charge in [-0.1, -0.05) is 35.9 Å². The lowest BCUT2D eigenvalue weighted by molar-refractivity contribution is 0.482. The standard InChI is InChI=1S/C15H23N/c1-12-8-9-13(2)14(11-12)7-5-6-10-15(3,4)16/h5,7-9,11H,6,10,16H2,1-4H3/b7-5+. The van der Waals surface area contributed by atoms with Gasteiger partial charge in [-0.25, -0.2) is 0 Å². The second-order valence-electron chi connectivity index (χ2n) is 5.29. The molecule has 0 atom stereocenters. The fourth-order valence-electron chi connectivity index (χ4n) is 1.61. The monoisotopic (exact) mass is 217 g/mol. The Hall–Kier alpha value is -1.08. The SMILES string of the molecule is Cc1ccc(C)c(/C=C/CCC(C)(C)N)c1. The Morgan fingerprint density at radius 1 is 1.25 bits per heavy atom. The highest BCUT2D eigenvalue weighted by atomic mass is 14.7. The quantitative estimate of drug-likeness (QED) is 0.815. The van der Waals surface area contributed by atoms with Crippen molar-refractivity contribution in [3.05, 3.63) is 41.0 Å². The van der Waals surface area contributed by atoms with Crippen molar-refractivity contribution in [2.45, 2.75) is 46.1 Å². The van der Waals surface area contributed by atoms with Gasteiger partial charge in [0.25, 0.3) is 0 Å². The lowest BCUT2D eigenvalue weighted by atomic mass is 9.99. The maximum atomic E-state index is 5.94. The van der Waals surface area contributed by atoms with Gasteiger partial charge in [0.2, 0.25) is 0 Å². The van der Waals surface area contributed by atoms with Crippen molar-refractivity contribution in [1.82, 2.24) is 0 Å². The summed E-state index contributed by atoms with van der Waals surface area (Å²) in [5.41, 5.74) is 9.82. The molecule has 1 aromatic carbocycles. The van der Waals surface area contributed by atoms with Crippen molar-refractivity contribution in [3.63, 3.8) is 0 Å². The summed E-state index contributed by atoms with van der Waals surface area (Å²) in [6.45, 7) is 8.41. The molecule has 0 amide bonds. The number of aryl methyl sites for hydroxylation is 2.